The van der Waals surface area contributed by atoms with E-state index in [1.54, 1.807) is 42.5 Å². The lowest BCUT2D eigenvalue weighted by atomic mass is 10.0. The third-order valence-electron chi connectivity index (χ3n) is 7.03. The third kappa shape index (κ3) is 15.4. The quantitative estimate of drug-likeness (QED) is 0.0391. The molecule has 0 saturated heterocycles. The highest BCUT2D eigenvalue weighted by Crippen LogP contribution is 2.14. The van der Waals surface area contributed by atoms with Crippen molar-refractivity contribution >= 4 is 41.6 Å². The van der Waals surface area contributed by atoms with E-state index < -0.39 is 47.9 Å². The molecular formula is C31H46N12O6. The summed E-state index contributed by atoms with van der Waals surface area (Å²) in [6.07, 6.45) is 0.615. The van der Waals surface area contributed by atoms with Gasteiger partial charge in [0.1, 0.15) is 29.9 Å². The molecule has 18 heteroatoms. The summed E-state index contributed by atoms with van der Waals surface area (Å²) in [5.74, 6) is -4.11. The van der Waals surface area contributed by atoms with Crippen molar-refractivity contribution in [2.45, 2.75) is 62.7 Å². The average molecular weight is 683 g/mol. The predicted molar refractivity (Wildman–Crippen MR) is 185 cm³/mol. The zero-order chi connectivity index (χ0) is 36.3. The number of hydrogen-bond acceptors (Lipinski definition) is 8. The molecule has 0 aliphatic rings. The molecule has 266 valence electrons. The summed E-state index contributed by atoms with van der Waals surface area (Å²) in [7, 11) is 0. The number of nitrogens with zero attached hydrogens (tertiary/aromatic N) is 3. The van der Waals surface area contributed by atoms with Crippen molar-refractivity contribution in [1.82, 2.24) is 16.0 Å². The number of guanidine groups is 3. The van der Waals surface area contributed by atoms with Crippen LogP contribution in [-0.2, 0) is 32.0 Å². The molecule has 3 amide bonds. The van der Waals surface area contributed by atoms with E-state index in [1.165, 1.54) is 12.1 Å². The van der Waals surface area contributed by atoms with Crippen molar-refractivity contribution in [3.8, 4) is 5.75 Å². The number of carbonyl (C=O) groups is 4. The van der Waals surface area contributed by atoms with Crippen LogP contribution in [0.4, 0.5) is 0 Å². The number of nitrogens with one attached hydrogen (secondary N) is 3. The predicted octanol–water partition coefficient (Wildman–Crippen LogP) is -2.53. The maximum atomic E-state index is 13.8. The topological polar surface area (TPSA) is 338 Å². The molecule has 0 aliphatic heterocycles. The number of carboxylic acid groups (broad SMARTS) is 1. The highest BCUT2D eigenvalue weighted by atomic mass is 16.4. The van der Waals surface area contributed by atoms with Gasteiger partial charge >= 0.3 is 5.97 Å². The molecule has 0 aliphatic carbocycles. The Hall–Kier alpha value is -6.07. The minimum absolute atomic E-state index is 0.00486. The Labute approximate surface area is 283 Å². The summed E-state index contributed by atoms with van der Waals surface area (Å²) < 4.78 is 0. The molecule has 0 heterocycles. The number of hydrogen-bond donors (Lipinski definition) is 11. The standard InChI is InChI=1S/C31H46N12O6/c32-29(33)38-14-4-8-21(40-27(47)24(43-31(36)37)17-19-10-12-20(44)13-11-19)25(45)42-23(16-18-6-2-1-3-7-18)26(46)41-22(28(48)49)9-5-15-39-30(34)35/h1-3,6-7,10-13,21-24,44H,4-5,8-9,14-17H2,(H,40,47)(H,41,46)(H,42,45)(H,48,49)(H4,32,33,38)(H4,34,35,39)(H4,36,37,43)/t21-,22-,23+,24+/m1/s1. The molecule has 4 atom stereocenters. The Kier molecular flexibility index (Phi) is 16.1. The molecule has 2 aromatic carbocycles. The molecule has 0 unspecified atom stereocenters. The molecule has 49 heavy (non-hydrogen) atoms. The number of aromatic hydroxyl groups is 1. The maximum absolute atomic E-state index is 13.8. The first kappa shape index (κ1) is 39.1. The van der Waals surface area contributed by atoms with Crippen LogP contribution in [-0.4, -0.2) is 89.0 Å². The number of aliphatic imine (C=N–C) groups is 3. The molecular weight excluding hydrogens is 636 g/mol. The first-order chi connectivity index (χ1) is 23.2. The van der Waals surface area contributed by atoms with Crippen molar-refractivity contribution in [1.29, 1.82) is 0 Å². The van der Waals surface area contributed by atoms with E-state index in [2.05, 4.69) is 30.9 Å². The molecule has 0 fully saturated rings. The van der Waals surface area contributed by atoms with Crippen LogP contribution in [0, 0.1) is 0 Å². The SMILES string of the molecule is NC(N)=NCCC[C@@H](NC(=O)[C@H](Cc1ccccc1)NC(=O)[C@@H](CCCN=C(N)N)NC(=O)[C@H](Cc1ccc(O)cc1)N=C(N)N)C(=O)O. The van der Waals surface area contributed by atoms with E-state index in [1.807, 2.05) is 0 Å². The number of carboxylic acids is 1. The molecule has 0 saturated carbocycles. The molecule has 17 N–H and O–H groups in total. The van der Waals surface area contributed by atoms with Crippen molar-refractivity contribution in [3.05, 3.63) is 65.7 Å². The average Bonchev–Trinajstić information content (AvgIpc) is 3.04. The van der Waals surface area contributed by atoms with E-state index in [-0.39, 0.29) is 75.2 Å². The molecule has 18 nitrogen and oxygen atoms in total. The van der Waals surface area contributed by atoms with Gasteiger partial charge in [0.15, 0.2) is 17.9 Å². The van der Waals surface area contributed by atoms with Crippen LogP contribution in [0.3, 0.4) is 0 Å². The van der Waals surface area contributed by atoms with Crippen LogP contribution in [0.2, 0.25) is 0 Å². The number of nitrogens with two attached hydrogens (primary N) is 6. The van der Waals surface area contributed by atoms with E-state index in [4.69, 9.17) is 34.4 Å². The van der Waals surface area contributed by atoms with Gasteiger partial charge in [-0.05, 0) is 48.9 Å². The van der Waals surface area contributed by atoms with Gasteiger partial charge in [0.25, 0.3) is 0 Å². The lowest BCUT2D eigenvalue weighted by Crippen LogP contribution is -2.57. The van der Waals surface area contributed by atoms with Crippen LogP contribution in [0.15, 0.2) is 69.6 Å². The highest BCUT2D eigenvalue weighted by molar-refractivity contribution is 5.95. The second kappa shape index (κ2) is 20.2. The summed E-state index contributed by atoms with van der Waals surface area (Å²) in [5, 5.41) is 27.2. The number of aliphatic carboxylic acids is 1. The van der Waals surface area contributed by atoms with E-state index >= 15 is 0 Å². The first-order valence-corrected chi connectivity index (χ1v) is 15.4. The summed E-state index contributed by atoms with van der Waals surface area (Å²) in [6.45, 7) is 0.294. The van der Waals surface area contributed by atoms with Crippen LogP contribution in [0.25, 0.3) is 0 Å². The second-order valence-electron chi connectivity index (χ2n) is 11.0. The van der Waals surface area contributed by atoms with Crippen LogP contribution in [0.5, 0.6) is 5.75 Å². The fourth-order valence-electron chi connectivity index (χ4n) is 4.64. The molecule has 0 spiro atoms. The fourth-order valence-corrected chi connectivity index (χ4v) is 4.64. The van der Waals surface area contributed by atoms with Crippen molar-refractivity contribution in [2.24, 2.45) is 49.4 Å². The van der Waals surface area contributed by atoms with E-state index in [0.717, 1.165) is 0 Å². The lowest BCUT2D eigenvalue weighted by Gasteiger charge is -2.25. The molecule has 2 aromatic rings. The highest BCUT2D eigenvalue weighted by Gasteiger charge is 2.31. The molecule has 0 bridgehead atoms. The lowest BCUT2D eigenvalue weighted by molar-refractivity contribution is -0.142. The van der Waals surface area contributed by atoms with Crippen molar-refractivity contribution < 1.29 is 29.4 Å². The first-order valence-electron chi connectivity index (χ1n) is 15.4. The van der Waals surface area contributed by atoms with Gasteiger partial charge in [-0.15, -0.1) is 0 Å². The minimum Gasteiger partial charge on any atom is -0.508 e. The minimum atomic E-state index is -1.30. The second-order valence-corrected chi connectivity index (χ2v) is 11.0. The number of benzene rings is 2. The van der Waals surface area contributed by atoms with Crippen LogP contribution in [0.1, 0.15) is 36.8 Å². The smallest absolute Gasteiger partial charge is 0.326 e. The number of amides is 3. The Morgan fingerprint density at radius 3 is 1.63 bits per heavy atom. The van der Waals surface area contributed by atoms with Gasteiger partial charge in [0.05, 0.1) is 0 Å². The van der Waals surface area contributed by atoms with Gasteiger partial charge in [-0.2, -0.15) is 0 Å². The van der Waals surface area contributed by atoms with E-state index in [0.29, 0.717) is 11.1 Å². The molecule has 2 rings (SSSR count). The Bertz CT molecular complexity index is 1470. The third-order valence-corrected chi connectivity index (χ3v) is 7.03. The van der Waals surface area contributed by atoms with Gasteiger partial charge in [-0.1, -0.05) is 42.5 Å². The Balaban J connectivity index is 2.33. The normalized spacial score (nSPS) is 13.0. The van der Waals surface area contributed by atoms with Crippen LogP contribution >= 0.6 is 0 Å². The Morgan fingerprint density at radius 2 is 1.10 bits per heavy atom. The summed E-state index contributed by atoms with van der Waals surface area (Å²) in [5.41, 5.74) is 34.0. The maximum Gasteiger partial charge on any atom is 0.326 e. The number of carbonyl (C=O) groups excluding carboxylic acids is 3. The largest absolute Gasteiger partial charge is 0.508 e. The zero-order valence-corrected chi connectivity index (χ0v) is 27.0. The summed E-state index contributed by atoms with van der Waals surface area (Å²) >= 11 is 0. The van der Waals surface area contributed by atoms with Gasteiger partial charge in [-0.3, -0.25) is 24.4 Å². The van der Waals surface area contributed by atoms with Crippen molar-refractivity contribution in [3.63, 3.8) is 0 Å². The number of phenolic OH excluding ortho intramolecular Hbond substituents is 1. The molecule has 0 radical (unpaired) electrons. The Morgan fingerprint density at radius 1 is 0.612 bits per heavy atom. The zero-order valence-electron chi connectivity index (χ0n) is 27.0. The van der Waals surface area contributed by atoms with Gasteiger partial charge in [0.2, 0.25) is 17.7 Å². The van der Waals surface area contributed by atoms with Gasteiger partial charge < -0.3 is 60.6 Å². The summed E-state index contributed by atoms with van der Waals surface area (Å²) in [6, 6.07) is 9.94. The van der Waals surface area contributed by atoms with Crippen molar-refractivity contribution in [2.75, 3.05) is 13.1 Å². The summed E-state index contributed by atoms with van der Waals surface area (Å²) in [4.78, 5) is 64.6. The fraction of sp³-hybridized carbons (Fsp3) is 0.387. The molecule has 0 aromatic heterocycles. The monoisotopic (exact) mass is 682 g/mol. The van der Waals surface area contributed by atoms with Crippen LogP contribution < -0.4 is 50.4 Å². The van der Waals surface area contributed by atoms with E-state index in [9.17, 15) is 29.4 Å². The number of rotatable bonds is 20. The van der Waals surface area contributed by atoms with Gasteiger partial charge in [-0.25, -0.2) is 9.79 Å². The number of phenols is 1. The van der Waals surface area contributed by atoms with Gasteiger partial charge in [0, 0.05) is 25.9 Å².